The summed E-state index contributed by atoms with van der Waals surface area (Å²) in [6.45, 7) is 0. The number of benzene rings is 1. The Hall–Kier alpha value is -1.54. The van der Waals surface area contributed by atoms with Gasteiger partial charge in [0.2, 0.25) is 0 Å². The molecule has 1 unspecified atom stereocenters. The maximum absolute atomic E-state index is 11.2. The van der Waals surface area contributed by atoms with Crippen molar-refractivity contribution in [3.05, 3.63) is 41.6 Å². The van der Waals surface area contributed by atoms with Crippen molar-refractivity contribution in [2.75, 3.05) is 0 Å². The molecule has 1 aromatic heterocycles. The van der Waals surface area contributed by atoms with Gasteiger partial charge in [-0.2, -0.15) is 0 Å². The van der Waals surface area contributed by atoms with E-state index in [2.05, 4.69) is 35.5 Å². The van der Waals surface area contributed by atoms with Crippen molar-refractivity contribution in [2.24, 2.45) is 11.8 Å². The van der Waals surface area contributed by atoms with Crippen molar-refractivity contribution in [3.8, 4) is 0 Å². The molecule has 1 aromatic carbocycles. The molecule has 0 saturated heterocycles. The van der Waals surface area contributed by atoms with Gasteiger partial charge in [0.15, 0.2) is 0 Å². The molecule has 0 aliphatic heterocycles. The number of fused-ring (bicyclic) bond motifs is 2. The molecule has 5 rings (SSSR count). The number of allylic oxidation sites excluding steroid dienone is 2. The van der Waals surface area contributed by atoms with E-state index >= 15 is 0 Å². The Morgan fingerprint density at radius 1 is 0.962 bits per heavy atom. The SMILES string of the molecule is OC1(c2ccc3[nH]cc(C4=CCCC5CCC[C@H]5C4)c3c2)CCCCC1. The van der Waals surface area contributed by atoms with Gasteiger partial charge in [-0.05, 0) is 73.6 Å². The summed E-state index contributed by atoms with van der Waals surface area (Å²) in [5.41, 5.74) is 4.64. The Balaban J connectivity index is 1.52. The van der Waals surface area contributed by atoms with E-state index in [4.69, 9.17) is 0 Å². The summed E-state index contributed by atoms with van der Waals surface area (Å²) in [7, 11) is 0. The lowest BCUT2D eigenvalue weighted by Gasteiger charge is -2.32. The topological polar surface area (TPSA) is 36.0 Å². The standard InChI is InChI=1S/C24H31NO/c26-24(12-2-1-3-13-24)20-10-11-23-21(15-20)22(16-25-23)19-9-5-7-17-6-4-8-18(17)14-19/h9-11,15-18,25-26H,1-8,12-14H2/t17?,18-/m0/s1. The molecule has 26 heavy (non-hydrogen) atoms. The molecular weight excluding hydrogens is 318 g/mol. The van der Waals surface area contributed by atoms with Gasteiger partial charge in [-0.25, -0.2) is 0 Å². The van der Waals surface area contributed by atoms with E-state index < -0.39 is 5.60 Å². The largest absolute Gasteiger partial charge is 0.385 e. The summed E-state index contributed by atoms with van der Waals surface area (Å²) >= 11 is 0. The zero-order valence-corrected chi connectivity index (χ0v) is 15.8. The highest BCUT2D eigenvalue weighted by Crippen LogP contribution is 2.45. The average molecular weight is 350 g/mol. The van der Waals surface area contributed by atoms with Crippen LogP contribution < -0.4 is 0 Å². The molecule has 0 spiro atoms. The normalized spacial score (nSPS) is 28.6. The van der Waals surface area contributed by atoms with E-state index in [0.29, 0.717) is 0 Å². The third-order valence-electron chi connectivity index (χ3n) is 7.47. The van der Waals surface area contributed by atoms with Gasteiger partial charge in [0.1, 0.15) is 0 Å². The van der Waals surface area contributed by atoms with E-state index in [1.54, 1.807) is 5.57 Å². The summed E-state index contributed by atoms with van der Waals surface area (Å²) in [6, 6.07) is 6.60. The number of aromatic nitrogens is 1. The zero-order chi connectivity index (χ0) is 17.6. The molecule has 0 radical (unpaired) electrons. The number of hydrogen-bond acceptors (Lipinski definition) is 1. The predicted molar refractivity (Wildman–Crippen MR) is 108 cm³/mol. The van der Waals surface area contributed by atoms with Crippen LogP contribution in [0, 0.1) is 11.8 Å². The van der Waals surface area contributed by atoms with Gasteiger partial charge in [-0.1, -0.05) is 44.2 Å². The van der Waals surface area contributed by atoms with E-state index in [0.717, 1.165) is 43.1 Å². The lowest BCUT2D eigenvalue weighted by atomic mass is 9.79. The molecule has 1 heterocycles. The van der Waals surface area contributed by atoms with Crippen LogP contribution >= 0.6 is 0 Å². The molecular formula is C24H31NO. The van der Waals surface area contributed by atoms with Gasteiger partial charge in [-0.3, -0.25) is 0 Å². The Morgan fingerprint density at radius 3 is 2.69 bits per heavy atom. The average Bonchev–Trinajstić information content (AvgIpc) is 3.23. The molecule has 2 atom stereocenters. The lowest BCUT2D eigenvalue weighted by molar-refractivity contribution is -0.000507. The summed E-state index contributed by atoms with van der Waals surface area (Å²) in [6.07, 6.45) is 18.2. The molecule has 2 aromatic rings. The molecule has 3 aliphatic carbocycles. The van der Waals surface area contributed by atoms with Gasteiger partial charge in [0, 0.05) is 22.7 Å². The fourth-order valence-electron chi connectivity index (χ4n) is 5.92. The van der Waals surface area contributed by atoms with Gasteiger partial charge >= 0.3 is 0 Å². The van der Waals surface area contributed by atoms with Crippen LogP contribution in [0.3, 0.4) is 0 Å². The van der Waals surface area contributed by atoms with Crippen molar-refractivity contribution in [1.29, 1.82) is 0 Å². The molecule has 2 nitrogen and oxygen atoms in total. The van der Waals surface area contributed by atoms with E-state index in [-0.39, 0.29) is 0 Å². The molecule has 0 amide bonds. The monoisotopic (exact) mass is 349 g/mol. The minimum atomic E-state index is -0.616. The number of hydrogen-bond donors (Lipinski definition) is 2. The van der Waals surface area contributed by atoms with Gasteiger partial charge < -0.3 is 10.1 Å². The van der Waals surface area contributed by atoms with Gasteiger partial charge in [0.05, 0.1) is 5.60 Å². The second-order valence-electron chi connectivity index (χ2n) is 9.02. The van der Waals surface area contributed by atoms with Crippen molar-refractivity contribution in [3.63, 3.8) is 0 Å². The molecule has 138 valence electrons. The Kier molecular flexibility index (Phi) is 4.20. The molecule has 3 aliphatic rings. The second kappa shape index (κ2) is 6.56. The highest BCUT2D eigenvalue weighted by atomic mass is 16.3. The second-order valence-corrected chi connectivity index (χ2v) is 9.02. The minimum Gasteiger partial charge on any atom is -0.385 e. The summed E-state index contributed by atoms with van der Waals surface area (Å²) in [5, 5.41) is 12.5. The highest BCUT2D eigenvalue weighted by molar-refractivity contribution is 5.93. The van der Waals surface area contributed by atoms with Crippen LogP contribution in [0.15, 0.2) is 30.5 Å². The molecule has 0 bridgehead atoms. The van der Waals surface area contributed by atoms with Crippen LogP contribution in [0.5, 0.6) is 0 Å². The van der Waals surface area contributed by atoms with E-state index in [9.17, 15) is 5.11 Å². The highest BCUT2D eigenvalue weighted by Gasteiger charge is 2.32. The summed E-state index contributed by atoms with van der Waals surface area (Å²) in [4.78, 5) is 3.49. The maximum atomic E-state index is 11.2. The van der Waals surface area contributed by atoms with Gasteiger partial charge in [0.25, 0.3) is 0 Å². The third-order valence-corrected chi connectivity index (χ3v) is 7.47. The maximum Gasteiger partial charge on any atom is 0.0896 e. The van der Waals surface area contributed by atoms with Crippen molar-refractivity contribution in [2.45, 2.75) is 76.2 Å². The Morgan fingerprint density at radius 2 is 1.81 bits per heavy atom. The fraction of sp³-hybridized carbons (Fsp3) is 0.583. The Bertz CT molecular complexity index is 824. The Labute approximate surface area is 156 Å². The summed E-state index contributed by atoms with van der Waals surface area (Å²) in [5.74, 6) is 1.84. The lowest BCUT2D eigenvalue weighted by Crippen LogP contribution is -2.28. The first-order valence-electron chi connectivity index (χ1n) is 10.8. The molecule has 2 N–H and O–H groups in total. The first kappa shape index (κ1) is 16.6. The number of rotatable bonds is 2. The zero-order valence-electron chi connectivity index (χ0n) is 15.8. The minimum absolute atomic E-state index is 0.616. The van der Waals surface area contributed by atoms with E-state index in [1.807, 2.05) is 0 Å². The molecule has 2 fully saturated rings. The van der Waals surface area contributed by atoms with Crippen LogP contribution in [0.1, 0.15) is 81.8 Å². The molecule has 2 saturated carbocycles. The van der Waals surface area contributed by atoms with Crippen LogP contribution in [-0.4, -0.2) is 10.1 Å². The summed E-state index contributed by atoms with van der Waals surface area (Å²) < 4.78 is 0. The number of H-pyrrole nitrogens is 1. The number of aliphatic hydroxyl groups is 1. The smallest absolute Gasteiger partial charge is 0.0896 e. The van der Waals surface area contributed by atoms with Crippen LogP contribution in [0.25, 0.3) is 16.5 Å². The van der Waals surface area contributed by atoms with Crippen molar-refractivity contribution >= 4 is 16.5 Å². The first-order valence-corrected chi connectivity index (χ1v) is 10.8. The molecule has 2 heteroatoms. The van der Waals surface area contributed by atoms with Crippen molar-refractivity contribution < 1.29 is 5.11 Å². The first-order chi connectivity index (χ1) is 12.7. The number of aromatic amines is 1. The predicted octanol–water partition coefficient (Wildman–Crippen LogP) is 6.30. The quantitative estimate of drug-likeness (QED) is 0.655. The van der Waals surface area contributed by atoms with Gasteiger partial charge in [-0.15, -0.1) is 0 Å². The fourth-order valence-corrected chi connectivity index (χ4v) is 5.92. The number of nitrogens with one attached hydrogen (secondary N) is 1. The van der Waals surface area contributed by atoms with Crippen LogP contribution in [0.2, 0.25) is 0 Å². The van der Waals surface area contributed by atoms with Crippen molar-refractivity contribution in [1.82, 2.24) is 4.98 Å². The van der Waals surface area contributed by atoms with E-state index in [1.165, 1.54) is 61.4 Å². The third kappa shape index (κ3) is 2.83. The van der Waals surface area contributed by atoms with Crippen LogP contribution in [0.4, 0.5) is 0 Å². The van der Waals surface area contributed by atoms with Crippen LogP contribution in [-0.2, 0) is 5.60 Å².